The van der Waals surface area contributed by atoms with Gasteiger partial charge in [0, 0.05) is 13.0 Å². The predicted molar refractivity (Wildman–Crippen MR) is 104 cm³/mol. The van der Waals surface area contributed by atoms with Gasteiger partial charge < -0.3 is 15.7 Å². The first-order chi connectivity index (χ1) is 13.2. The van der Waals surface area contributed by atoms with E-state index in [2.05, 4.69) is 22.6 Å². The average molecular weight is 396 g/mol. The summed E-state index contributed by atoms with van der Waals surface area (Å²) in [6.45, 7) is 9.14. The number of rotatable bonds is 10. The van der Waals surface area contributed by atoms with Crippen LogP contribution in [0, 0.1) is 5.92 Å². The van der Waals surface area contributed by atoms with Gasteiger partial charge in [0.2, 0.25) is 11.8 Å². The Balaban J connectivity index is 2.63. The molecule has 0 saturated carbocycles. The second kappa shape index (κ2) is 11.4. The number of carboxylic acids is 1. The Bertz CT molecular complexity index is 593. The van der Waals surface area contributed by atoms with Gasteiger partial charge in [0.05, 0.1) is 0 Å². The van der Waals surface area contributed by atoms with E-state index in [4.69, 9.17) is 5.11 Å². The van der Waals surface area contributed by atoms with Gasteiger partial charge in [0.1, 0.15) is 18.1 Å². The lowest BCUT2D eigenvalue weighted by Gasteiger charge is -2.34. The van der Waals surface area contributed by atoms with Crippen molar-refractivity contribution in [3.63, 3.8) is 0 Å². The van der Waals surface area contributed by atoms with E-state index in [-0.39, 0.29) is 11.8 Å². The van der Waals surface area contributed by atoms with Crippen molar-refractivity contribution < 1.29 is 24.3 Å². The van der Waals surface area contributed by atoms with Crippen LogP contribution in [0.4, 0.5) is 0 Å². The standard InChI is InChI=1S/C19H32N4O5/c1-5-6-7-10-15(24)21-16(12(2)3)17(25)20-13(4)18(26)23-11-8-9-14(22-23)19(27)28/h5,12-14,16,22H,1,6-11H2,2-4H3,(H,20,25)(H,21,24)(H,27,28). The minimum Gasteiger partial charge on any atom is -0.480 e. The molecule has 158 valence electrons. The Hall–Kier alpha value is -2.42. The van der Waals surface area contributed by atoms with Crippen molar-refractivity contribution in [3.05, 3.63) is 12.7 Å². The van der Waals surface area contributed by atoms with Crippen molar-refractivity contribution in [1.29, 1.82) is 0 Å². The number of nitrogens with zero attached hydrogens (tertiary/aromatic N) is 1. The van der Waals surface area contributed by atoms with Gasteiger partial charge in [0.25, 0.3) is 5.91 Å². The van der Waals surface area contributed by atoms with E-state index in [0.29, 0.717) is 32.2 Å². The predicted octanol–water partition coefficient (Wildman–Crippen LogP) is 0.568. The molecule has 0 radical (unpaired) electrons. The Kier molecular flexibility index (Phi) is 9.64. The van der Waals surface area contributed by atoms with Crippen LogP contribution in [-0.4, -0.2) is 58.5 Å². The van der Waals surface area contributed by atoms with Crippen LogP contribution >= 0.6 is 0 Å². The number of aliphatic carboxylic acids is 1. The van der Waals surface area contributed by atoms with Crippen LogP contribution < -0.4 is 16.1 Å². The normalized spacial score (nSPS) is 18.9. The molecule has 0 spiro atoms. The zero-order valence-electron chi connectivity index (χ0n) is 16.9. The summed E-state index contributed by atoms with van der Waals surface area (Å²) in [5.74, 6) is -2.26. The van der Waals surface area contributed by atoms with Crippen LogP contribution in [0.25, 0.3) is 0 Å². The summed E-state index contributed by atoms with van der Waals surface area (Å²) < 4.78 is 0. The van der Waals surface area contributed by atoms with Crippen molar-refractivity contribution in [3.8, 4) is 0 Å². The average Bonchev–Trinajstić information content (AvgIpc) is 2.65. The second-order valence-electron chi connectivity index (χ2n) is 7.35. The lowest BCUT2D eigenvalue weighted by molar-refractivity contribution is -0.148. The van der Waals surface area contributed by atoms with Gasteiger partial charge in [-0.05, 0) is 38.5 Å². The number of hydrogen-bond acceptors (Lipinski definition) is 5. The SMILES string of the molecule is C=CCCCC(=O)NC(C(=O)NC(C)C(=O)N1CCCC(C(=O)O)N1)C(C)C. The summed E-state index contributed by atoms with van der Waals surface area (Å²) in [7, 11) is 0. The van der Waals surface area contributed by atoms with Crippen molar-refractivity contribution in [2.45, 2.75) is 71.0 Å². The molecule has 3 atom stereocenters. The zero-order valence-corrected chi connectivity index (χ0v) is 16.9. The molecule has 1 heterocycles. The summed E-state index contributed by atoms with van der Waals surface area (Å²) in [5, 5.41) is 15.7. The molecule has 0 aromatic rings. The molecule has 3 unspecified atom stereocenters. The van der Waals surface area contributed by atoms with Crippen LogP contribution in [0.1, 0.15) is 52.9 Å². The first-order valence-electron chi connectivity index (χ1n) is 9.68. The van der Waals surface area contributed by atoms with Gasteiger partial charge in [-0.3, -0.25) is 24.2 Å². The number of hydrogen-bond donors (Lipinski definition) is 4. The fourth-order valence-corrected chi connectivity index (χ4v) is 2.91. The van der Waals surface area contributed by atoms with E-state index in [9.17, 15) is 19.2 Å². The summed E-state index contributed by atoms with van der Waals surface area (Å²) >= 11 is 0. The number of carbonyl (C=O) groups is 4. The van der Waals surface area contributed by atoms with E-state index < -0.39 is 35.9 Å². The number of hydrazine groups is 1. The molecule has 1 saturated heterocycles. The highest BCUT2D eigenvalue weighted by molar-refractivity contribution is 5.92. The highest BCUT2D eigenvalue weighted by Gasteiger charge is 2.32. The maximum atomic E-state index is 12.6. The molecule has 9 heteroatoms. The van der Waals surface area contributed by atoms with Crippen molar-refractivity contribution >= 4 is 23.7 Å². The largest absolute Gasteiger partial charge is 0.480 e. The molecule has 1 fully saturated rings. The maximum Gasteiger partial charge on any atom is 0.322 e. The van der Waals surface area contributed by atoms with E-state index in [0.717, 1.165) is 6.42 Å². The summed E-state index contributed by atoms with van der Waals surface area (Å²) in [5.41, 5.74) is 2.67. The second-order valence-corrected chi connectivity index (χ2v) is 7.35. The third kappa shape index (κ3) is 7.30. The minimum absolute atomic E-state index is 0.157. The molecule has 0 aromatic carbocycles. The van der Waals surface area contributed by atoms with Crippen molar-refractivity contribution in [2.75, 3.05) is 6.54 Å². The molecule has 3 amide bonds. The molecule has 9 nitrogen and oxygen atoms in total. The van der Waals surface area contributed by atoms with Gasteiger partial charge in [-0.25, -0.2) is 5.43 Å². The number of allylic oxidation sites excluding steroid dienone is 1. The third-order valence-corrected chi connectivity index (χ3v) is 4.56. The topological polar surface area (TPSA) is 128 Å². The molecule has 1 aliphatic heterocycles. The monoisotopic (exact) mass is 396 g/mol. The molecular formula is C19H32N4O5. The zero-order chi connectivity index (χ0) is 21.3. The first kappa shape index (κ1) is 23.6. The number of amides is 3. The highest BCUT2D eigenvalue weighted by Crippen LogP contribution is 2.10. The van der Waals surface area contributed by atoms with Gasteiger partial charge >= 0.3 is 5.97 Å². The van der Waals surface area contributed by atoms with E-state index in [1.54, 1.807) is 6.08 Å². The van der Waals surface area contributed by atoms with Crippen LogP contribution in [-0.2, 0) is 19.2 Å². The molecule has 1 aliphatic rings. The quantitative estimate of drug-likeness (QED) is 0.316. The van der Waals surface area contributed by atoms with Crippen LogP contribution in [0.3, 0.4) is 0 Å². The van der Waals surface area contributed by atoms with E-state index >= 15 is 0 Å². The van der Waals surface area contributed by atoms with E-state index in [1.165, 1.54) is 11.9 Å². The highest BCUT2D eigenvalue weighted by atomic mass is 16.4. The molecule has 0 aromatic heterocycles. The Morgan fingerprint density at radius 2 is 1.93 bits per heavy atom. The molecular weight excluding hydrogens is 364 g/mol. The summed E-state index contributed by atoms with van der Waals surface area (Å²) in [6.07, 6.45) is 4.40. The number of nitrogens with one attached hydrogen (secondary N) is 3. The smallest absolute Gasteiger partial charge is 0.322 e. The van der Waals surface area contributed by atoms with Crippen molar-refractivity contribution in [1.82, 2.24) is 21.1 Å². The van der Waals surface area contributed by atoms with E-state index in [1.807, 2.05) is 13.8 Å². The molecule has 1 rings (SSSR count). The number of unbranched alkanes of at least 4 members (excludes halogenated alkanes) is 1. The lowest BCUT2D eigenvalue weighted by Crippen LogP contribution is -2.60. The lowest BCUT2D eigenvalue weighted by atomic mass is 10.0. The van der Waals surface area contributed by atoms with Crippen LogP contribution in [0.5, 0.6) is 0 Å². The first-order valence-corrected chi connectivity index (χ1v) is 9.68. The molecule has 0 aliphatic carbocycles. The third-order valence-electron chi connectivity index (χ3n) is 4.56. The number of carboxylic acid groups (broad SMARTS) is 1. The van der Waals surface area contributed by atoms with Crippen LogP contribution in [0.15, 0.2) is 12.7 Å². The molecule has 4 N–H and O–H groups in total. The summed E-state index contributed by atoms with van der Waals surface area (Å²) in [6, 6.07) is -2.43. The fourth-order valence-electron chi connectivity index (χ4n) is 2.91. The van der Waals surface area contributed by atoms with Gasteiger partial charge in [0.15, 0.2) is 0 Å². The molecule has 28 heavy (non-hydrogen) atoms. The van der Waals surface area contributed by atoms with Gasteiger partial charge in [-0.15, -0.1) is 6.58 Å². The number of carbonyl (C=O) groups excluding carboxylic acids is 3. The minimum atomic E-state index is -1.02. The Morgan fingerprint density at radius 3 is 2.50 bits per heavy atom. The van der Waals surface area contributed by atoms with Gasteiger partial charge in [-0.1, -0.05) is 19.9 Å². The van der Waals surface area contributed by atoms with Crippen LogP contribution in [0.2, 0.25) is 0 Å². The summed E-state index contributed by atoms with van der Waals surface area (Å²) in [4.78, 5) is 48.3. The van der Waals surface area contributed by atoms with Gasteiger partial charge in [-0.2, -0.15) is 0 Å². The van der Waals surface area contributed by atoms with Crippen molar-refractivity contribution in [2.24, 2.45) is 5.92 Å². The maximum absolute atomic E-state index is 12.6. The fraction of sp³-hybridized carbons (Fsp3) is 0.684. The Labute approximate surface area is 165 Å². The molecule has 0 bridgehead atoms. The Morgan fingerprint density at radius 1 is 1.25 bits per heavy atom.